The second-order valence-corrected chi connectivity index (χ2v) is 10.3. The van der Waals surface area contributed by atoms with Gasteiger partial charge in [0.15, 0.2) is 5.65 Å². The Morgan fingerprint density at radius 1 is 1.08 bits per heavy atom. The number of rotatable bonds is 4. The number of thiophene rings is 1. The Kier molecular flexibility index (Phi) is 5.46. The van der Waals surface area contributed by atoms with Gasteiger partial charge in [0.25, 0.3) is 5.56 Å². The molecule has 0 bridgehead atoms. The molecular weight excluding hydrogens is 505 g/mol. The third-order valence-electron chi connectivity index (χ3n) is 6.63. The fourth-order valence-corrected chi connectivity index (χ4v) is 5.73. The number of aryl methyl sites for hydroxylation is 3. The molecule has 190 valence electrons. The van der Waals surface area contributed by atoms with Crippen molar-refractivity contribution in [1.82, 2.24) is 29.3 Å². The topological polar surface area (TPSA) is 125 Å². The minimum atomic E-state index is -0.623. The lowest BCUT2D eigenvalue weighted by Crippen LogP contribution is -2.26. The van der Waals surface area contributed by atoms with Crippen molar-refractivity contribution in [3.8, 4) is 22.7 Å². The highest BCUT2D eigenvalue weighted by molar-refractivity contribution is 7.18. The van der Waals surface area contributed by atoms with Gasteiger partial charge in [-0.2, -0.15) is 5.10 Å². The highest BCUT2D eigenvalue weighted by Crippen LogP contribution is 2.33. The molecule has 2 aromatic carbocycles. The van der Waals surface area contributed by atoms with E-state index in [9.17, 15) is 14.3 Å². The van der Waals surface area contributed by atoms with Gasteiger partial charge < -0.3 is 10.8 Å². The average molecular weight is 528 g/mol. The Bertz CT molecular complexity index is 1940. The Morgan fingerprint density at radius 3 is 2.63 bits per heavy atom. The molecule has 0 fully saturated rings. The molecule has 3 N–H and O–H groups in total. The number of anilines is 1. The number of para-hydroxylation sites is 1. The summed E-state index contributed by atoms with van der Waals surface area (Å²) in [6, 6.07) is 11.3. The van der Waals surface area contributed by atoms with Gasteiger partial charge >= 0.3 is 0 Å². The molecule has 4 heterocycles. The third-order valence-corrected chi connectivity index (χ3v) is 7.74. The minimum absolute atomic E-state index is 0.0732. The number of hydrogen-bond donors (Lipinski definition) is 2. The third kappa shape index (κ3) is 3.70. The largest absolute Gasteiger partial charge is 0.508 e. The zero-order chi connectivity index (χ0) is 26.7. The van der Waals surface area contributed by atoms with Gasteiger partial charge in [-0.25, -0.2) is 24.0 Å². The van der Waals surface area contributed by atoms with Gasteiger partial charge in [0.2, 0.25) is 0 Å². The van der Waals surface area contributed by atoms with Gasteiger partial charge in [-0.15, -0.1) is 11.3 Å². The van der Waals surface area contributed by atoms with Crippen molar-refractivity contribution in [2.24, 2.45) is 0 Å². The van der Waals surface area contributed by atoms with Crippen LogP contribution in [0.4, 0.5) is 10.2 Å². The fourth-order valence-electron chi connectivity index (χ4n) is 4.69. The van der Waals surface area contributed by atoms with E-state index >= 15 is 0 Å². The first kappa shape index (κ1) is 23.7. The lowest BCUT2D eigenvalue weighted by molar-refractivity contribution is 0.469. The van der Waals surface area contributed by atoms with Crippen molar-refractivity contribution >= 4 is 38.4 Å². The van der Waals surface area contributed by atoms with E-state index in [0.29, 0.717) is 44.0 Å². The van der Waals surface area contributed by atoms with Crippen LogP contribution in [0.3, 0.4) is 0 Å². The number of phenols is 1. The molecule has 0 atom stereocenters. The van der Waals surface area contributed by atoms with Crippen molar-refractivity contribution in [3.63, 3.8) is 0 Å². The van der Waals surface area contributed by atoms with E-state index in [2.05, 4.69) is 9.97 Å². The highest BCUT2D eigenvalue weighted by Gasteiger charge is 2.22. The number of aromatic nitrogens is 6. The van der Waals surface area contributed by atoms with Gasteiger partial charge in [-0.3, -0.25) is 9.36 Å². The maximum absolute atomic E-state index is 14.2. The summed E-state index contributed by atoms with van der Waals surface area (Å²) in [5.41, 5.74) is 9.59. The van der Waals surface area contributed by atoms with E-state index in [1.807, 2.05) is 45.0 Å². The number of benzene rings is 2. The molecule has 4 aromatic heterocycles. The summed E-state index contributed by atoms with van der Waals surface area (Å²) in [5.74, 6) is -0.262. The quantitative estimate of drug-likeness (QED) is 0.342. The first-order valence-electron chi connectivity index (χ1n) is 11.8. The van der Waals surface area contributed by atoms with E-state index in [1.165, 1.54) is 29.8 Å². The average Bonchev–Trinajstić information content (AvgIpc) is 3.37. The van der Waals surface area contributed by atoms with Crippen molar-refractivity contribution in [1.29, 1.82) is 0 Å². The fraction of sp³-hybridized carbons (Fsp3) is 0.148. The smallest absolute Gasteiger partial charge is 0.267 e. The second kappa shape index (κ2) is 8.73. The van der Waals surface area contributed by atoms with Gasteiger partial charge in [-0.1, -0.05) is 18.2 Å². The molecule has 0 aliphatic carbocycles. The Morgan fingerprint density at radius 2 is 1.87 bits per heavy atom. The van der Waals surface area contributed by atoms with Crippen LogP contribution in [-0.2, 0) is 6.54 Å². The standard InChI is InChI=1S/C27H22FN7O2S/c1-13-6-4-5-7-19(13)35-20(32-26-21(27(35)37)14(2)15(3)38-26)11-34-25-22(24(29)30-12-31-25)23(33-34)16-8-17(28)10-18(36)9-16/h4-10,12,36H,11H2,1-3H3,(H2,29,30,31). The van der Waals surface area contributed by atoms with E-state index in [0.717, 1.165) is 22.1 Å². The van der Waals surface area contributed by atoms with Gasteiger partial charge in [0.05, 0.1) is 16.5 Å². The SMILES string of the molecule is Cc1ccccc1-n1c(Cn2nc(-c3cc(O)cc(F)c3)c3c(N)ncnc32)nc2sc(C)c(C)c2c1=O. The molecule has 0 saturated carbocycles. The summed E-state index contributed by atoms with van der Waals surface area (Å²) in [7, 11) is 0. The molecule has 38 heavy (non-hydrogen) atoms. The van der Waals surface area contributed by atoms with Crippen LogP contribution in [0.2, 0.25) is 0 Å². The summed E-state index contributed by atoms with van der Waals surface area (Å²) >= 11 is 1.47. The molecule has 6 aromatic rings. The first-order chi connectivity index (χ1) is 18.2. The maximum Gasteiger partial charge on any atom is 0.267 e. The number of fused-ring (bicyclic) bond motifs is 2. The maximum atomic E-state index is 14.2. The number of nitrogens with two attached hydrogens (primary N) is 1. The van der Waals surface area contributed by atoms with Crippen LogP contribution in [0, 0.1) is 26.6 Å². The van der Waals surface area contributed by atoms with E-state index in [4.69, 9.17) is 15.8 Å². The van der Waals surface area contributed by atoms with Crippen molar-refractivity contribution in [3.05, 3.63) is 86.8 Å². The first-order valence-corrected chi connectivity index (χ1v) is 12.6. The van der Waals surface area contributed by atoms with E-state index in [1.54, 1.807) is 9.25 Å². The summed E-state index contributed by atoms with van der Waals surface area (Å²) in [6.07, 6.45) is 1.32. The predicted octanol–water partition coefficient (Wildman–Crippen LogP) is 4.65. The molecule has 0 spiro atoms. The number of aromatic hydroxyl groups is 1. The van der Waals surface area contributed by atoms with Crippen molar-refractivity contribution < 1.29 is 9.50 Å². The highest BCUT2D eigenvalue weighted by atomic mass is 32.1. The van der Waals surface area contributed by atoms with E-state index in [-0.39, 0.29) is 23.7 Å². The van der Waals surface area contributed by atoms with Crippen LogP contribution in [0.5, 0.6) is 5.75 Å². The zero-order valence-corrected chi connectivity index (χ0v) is 21.5. The van der Waals surface area contributed by atoms with Crippen LogP contribution in [0.15, 0.2) is 53.6 Å². The zero-order valence-electron chi connectivity index (χ0n) is 20.7. The minimum Gasteiger partial charge on any atom is -0.508 e. The van der Waals surface area contributed by atoms with Gasteiger partial charge in [-0.05, 0) is 50.1 Å². The number of halogens is 1. The number of nitrogens with zero attached hydrogens (tertiary/aromatic N) is 6. The Labute approximate surface area is 219 Å². The van der Waals surface area contributed by atoms with Crippen LogP contribution >= 0.6 is 11.3 Å². The number of hydrogen-bond acceptors (Lipinski definition) is 8. The number of phenolic OH excluding ortho intramolecular Hbond substituents is 1. The Hall–Kier alpha value is -4.64. The van der Waals surface area contributed by atoms with Crippen LogP contribution < -0.4 is 11.3 Å². The van der Waals surface area contributed by atoms with Gasteiger partial charge in [0, 0.05) is 16.5 Å². The summed E-state index contributed by atoms with van der Waals surface area (Å²) in [5, 5.41) is 15.7. The molecule has 11 heteroatoms. The molecule has 0 unspecified atom stereocenters. The molecule has 0 amide bonds. The van der Waals surface area contributed by atoms with Crippen molar-refractivity contribution in [2.45, 2.75) is 27.3 Å². The van der Waals surface area contributed by atoms with Crippen LogP contribution in [0.1, 0.15) is 21.8 Å². The lowest BCUT2D eigenvalue weighted by Gasteiger charge is -2.15. The van der Waals surface area contributed by atoms with Crippen LogP contribution in [0.25, 0.3) is 38.2 Å². The predicted molar refractivity (Wildman–Crippen MR) is 145 cm³/mol. The molecule has 9 nitrogen and oxygen atoms in total. The summed E-state index contributed by atoms with van der Waals surface area (Å²) in [6.45, 7) is 5.91. The summed E-state index contributed by atoms with van der Waals surface area (Å²) in [4.78, 5) is 29.0. The molecule has 0 radical (unpaired) electrons. The van der Waals surface area contributed by atoms with E-state index < -0.39 is 5.82 Å². The Balaban J connectivity index is 1.63. The van der Waals surface area contributed by atoms with Crippen molar-refractivity contribution in [2.75, 3.05) is 5.73 Å². The molecule has 0 aliphatic rings. The molecule has 0 saturated heterocycles. The second-order valence-electron chi connectivity index (χ2n) is 9.08. The van der Waals surface area contributed by atoms with Crippen LogP contribution in [-0.4, -0.2) is 34.4 Å². The molecule has 0 aliphatic heterocycles. The number of nitrogen functional groups attached to an aromatic ring is 1. The molecular formula is C27H22FN7O2S. The van der Waals surface area contributed by atoms with Gasteiger partial charge in [0.1, 0.15) is 46.6 Å². The lowest BCUT2D eigenvalue weighted by atomic mass is 10.1. The molecule has 6 rings (SSSR count). The normalized spacial score (nSPS) is 11.6. The monoisotopic (exact) mass is 527 g/mol. The summed E-state index contributed by atoms with van der Waals surface area (Å²) < 4.78 is 17.4.